The third-order valence-electron chi connectivity index (χ3n) is 5.82. The third-order valence-corrected chi connectivity index (χ3v) is 5.82. The molecule has 7 heteroatoms. The summed E-state index contributed by atoms with van der Waals surface area (Å²) in [5, 5.41) is 0. The van der Waals surface area contributed by atoms with E-state index in [0.717, 1.165) is 59.1 Å². The van der Waals surface area contributed by atoms with Crippen LogP contribution in [0.5, 0.6) is 0 Å². The summed E-state index contributed by atoms with van der Waals surface area (Å²) < 4.78 is 0. The number of hydrogen-bond donors (Lipinski definition) is 1. The van der Waals surface area contributed by atoms with Crippen LogP contribution in [0.25, 0.3) is 0 Å². The molecule has 0 aromatic heterocycles. The Labute approximate surface area is 220 Å². The van der Waals surface area contributed by atoms with E-state index < -0.39 is 23.1 Å². The van der Waals surface area contributed by atoms with Crippen LogP contribution in [-0.2, 0) is 40.1 Å². The molecule has 0 unspecified atom stereocenters. The molecule has 0 saturated heterocycles. The minimum Gasteiger partial charge on any atom is -0.324 e. The quantitative estimate of drug-likeness (QED) is 0.275. The number of rotatable bonds is 11. The first kappa shape index (κ1) is 33.4. The SMILES string of the molecule is C=NCC(=O)C(=O)c1c(CC)cc(C)cc1CC.C=O.CCc1cc(C)cc(CC)c1C(=O)C(=O)CN. The number of aryl methyl sites for hydroxylation is 6. The molecule has 2 aromatic carbocycles. The lowest BCUT2D eigenvalue weighted by molar-refractivity contribution is -0.114. The minimum absolute atomic E-state index is 0.140. The average Bonchev–Trinajstić information content (AvgIpc) is 2.91. The van der Waals surface area contributed by atoms with E-state index in [-0.39, 0.29) is 13.1 Å². The Bertz CT molecular complexity index is 1080. The molecule has 2 N–H and O–H groups in total. The van der Waals surface area contributed by atoms with Crippen LogP contribution in [0.4, 0.5) is 0 Å². The van der Waals surface area contributed by atoms with E-state index in [1.54, 1.807) is 0 Å². The molecule has 7 nitrogen and oxygen atoms in total. The van der Waals surface area contributed by atoms with Gasteiger partial charge in [-0.15, -0.1) is 0 Å². The van der Waals surface area contributed by atoms with Crippen LogP contribution >= 0.6 is 0 Å². The summed E-state index contributed by atoms with van der Waals surface area (Å²) in [4.78, 5) is 58.8. The summed E-state index contributed by atoms with van der Waals surface area (Å²) in [6.45, 7) is 16.8. The van der Waals surface area contributed by atoms with Crippen molar-refractivity contribution in [2.24, 2.45) is 10.7 Å². The summed E-state index contributed by atoms with van der Waals surface area (Å²) in [6, 6.07) is 7.88. The highest BCUT2D eigenvalue weighted by Gasteiger charge is 2.22. The number of Topliss-reactive ketones (excluding diaryl/α,β-unsaturated/α-hetero) is 4. The smallest absolute Gasteiger partial charge is 0.231 e. The van der Waals surface area contributed by atoms with Gasteiger partial charge in [0.05, 0.1) is 6.54 Å². The van der Waals surface area contributed by atoms with Crippen molar-refractivity contribution in [2.75, 3.05) is 13.1 Å². The Morgan fingerprint density at radius 1 is 0.676 bits per heavy atom. The molecule has 0 amide bonds. The maximum Gasteiger partial charge on any atom is 0.231 e. The first-order valence-electron chi connectivity index (χ1n) is 12.4. The Hall–Kier alpha value is -3.58. The zero-order valence-electron chi connectivity index (χ0n) is 23.0. The highest BCUT2D eigenvalue weighted by atomic mass is 16.2. The molecule has 0 aliphatic carbocycles. The number of ketones is 4. The van der Waals surface area contributed by atoms with Crippen molar-refractivity contribution < 1.29 is 24.0 Å². The number of nitrogens with zero attached hydrogens (tertiary/aromatic N) is 1. The van der Waals surface area contributed by atoms with Gasteiger partial charge in [0, 0.05) is 11.1 Å². The summed E-state index contributed by atoms with van der Waals surface area (Å²) in [5.74, 6) is -1.88. The van der Waals surface area contributed by atoms with Crippen molar-refractivity contribution in [1.29, 1.82) is 0 Å². The molecule has 0 bridgehead atoms. The fraction of sp³-hybridized carbons (Fsp3) is 0.400. The number of benzene rings is 2. The van der Waals surface area contributed by atoms with Crippen LogP contribution in [0.15, 0.2) is 29.3 Å². The molecule has 0 aliphatic rings. The van der Waals surface area contributed by atoms with E-state index in [1.807, 2.05) is 72.6 Å². The molecule has 0 saturated carbocycles. The van der Waals surface area contributed by atoms with Gasteiger partial charge in [-0.3, -0.25) is 24.2 Å². The predicted octanol–water partition coefficient (Wildman–Crippen LogP) is 4.22. The normalized spacial score (nSPS) is 9.81. The van der Waals surface area contributed by atoms with Gasteiger partial charge >= 0.3 is 0 Å². The molecule has 37 heavy (non-hydrogen) atoms. The first-order chi connectivity index (χ1) is 17.6. The van der Waals surface area contributed by atoms with Crippen molar-refractivity contribution in [2.45, 2.75) is 67.2 Å². The van der Waals surface area contributed by atoms with Gasteiger partial charge in [-0.1, -0.05) is 63.1 Å². The Balaban J connectivity index is 0.000000657. The van der Waals surface area contributed by atoms with Gasteiger partial charge in [-0.2, -0.15) is 0 Å². The summed E-state index contributed by atoms with van der Waals surface area (Å²) in [6.07, 6.45) is 2.97. The Morgan fingerprint density at radius 2 is 0.973 bits per heavy atom. The lowest BCUT2D eigenvalue weighted by Crippen LogP contribution is -2.25. The standard InChI is InChI=1S/C15H19NO2.C14H19NO2.CH2O/c1-5-11-7-10(3)8-12(6-2)14(11)15(18)13(17)9-16-4;1-4-10-6-9(3)7-11(5-2)13(10)14(17)12(16)8-15;1-2/h7-8H,4-6,9H2,1-3H3;6-7H,4-5,8,15H2,1-3H3;1H2. The van der Waals surface area contributed by atoms with E-state index >= 15 is 0 Å². The van der Waals surface area contributed by atoms with Crippen molar-refractivity contribution in [1.82, 2.24) is 0 Å². The monoisotopic (exact) mass is 508 g/mol. The van der Waals surface area contributed by atoms with Crippen LogP contribution in [-0.4, -0.2) is 49.7 Å². The second kappa shape index (κ2) is 17.0. The molecule has 0 fully saturated rings. The van der Waals surface area contributed by atoms with Crippen LogP contribution < -0.4 is 5.73 Å². The molecule has 0 radical (unpaired) electrons. The predicted molar refractivity (Wildman–Crippen MR) is 149 cm³/mol. The molecular formula is C30H40N2O5. The Kier molecular flexibility index (Phi) is 15.3. The number of carbonyl (C=O) groups excluding carboxylic acids is 5. The average molecular weight is 509 g/mol. The number of nitrogens with two attached hydrogens (primary N) is 1. The second-order valence-corrected chi connectivity index (χ2v) is 8.42. The van der Waals surface area contributed by atoms with Crippen molar-refractivity contribution in [3.63, 3.8) is 0 Å². The lowest BCUT2D eigenvalue weighted by Gasteiger charge is -2.12. The van der Waals surface area contributed by atoms with Gasteiger partial charge in [0.2, 0.25) is 23.1 Å². The van der Waals surface area contributed by atoms with Crippen molar-refractivity contribution in [3.05, 3.63) is 68.8 Å². The highest BCUT2D eigenvalue weighted by Crippen LogP contribution is 2.21. The van der Waals surface area contributed by atoms with Crippen LogP contribution in [0.3, 0.4) is 0 Å². The fourth-order valence-corrected chi connectivity index (χ4v) is 4.13. The first-order valence-corrected chi connectivity index (χ1v) is 12.4. The van der Waals surface area contributed by atoms with Crippen molar-refractivity contribution in [3.8, 4) is 0 Å². The van der Waals surface area contributed by atoms with E-state index in [1.165, 1.54) is 0 Å². The molecule has 0 spiro atoms. The zero-order chi connectivity index (χ0) is 28.7. The largest absolute Gasteiger partial charge is 0.324 e. The maximum absolute atomic E-state index is 12.2. The van der Waals surface area contributed by atoms with Gasteiger partial charge in [0.1, 0.15) is 13.3 Å². The van der Waals surface area contributed by atoms with Gasteiger partial charge in [-0.05, 0) is 68.5 Å². The van der Waals surface area contributed by atoms with Gasteiger partial charge < -0.3 is 10.5 Å². The van der Waals surface area contributed by atoms with E-state index in [2.05, 4.69) is 11.7 Å². The van der Waals surface area contributed by atoms with E-state index in [4.69, 9.17) is 10.5 Å². The molecule has 2 aromatic rings. The molecule has 0 atom stereocenters. The number of carbonyl (C=O) groups is 5. The van der Waals surface area contributed by atoms with E-state index in [0.29, 0.717) is 11.1 Å². The maximum atomic E-state index is 12.2. The second-order valence-electron chi connectivity index (χ2n) is 8.42. The molecule has 0 heterocycles. The molecule has 200 valence electrons. The molecule has 2 rings (SSSR count). The zero-order valence-corrected chi connectivity index (χ0v) is 23.0. The topological polar surface area (TPSA) is 124 Å². The summed E-state index contributed by atoms with van der Waals surface area (Å²) >= 11 is 0. The highest BCUT2D eigenvalue weighted by molar-refractivity contribution is 6.45. The summed E-state index contributed by atoms with van der Waals surface area (Å²) in [7, 11) is 0. The van der Waals surface area contributed by atoms with Crippen LogP contribution in [0, 0.1) is 13.8 Å². The third kappa shape index (κ3) is 9.10. The van der Waals surface area contributed by atoms with E-state index in [9.17, 15) is 19.2 Å². The number of aliphatic imine (C=N–C) groups is 1. The van der Waals surface area contributed by atoms with Crippen LogP contribution in [0.2, 0.25) is 0 Å². The van der Waals surface area contributed by atoms with Gasteiger partial charge in [0.15, 0.2) is 0 Å². The van der Waals surface area contributed by atoms with Gasteiger partial charge in [-0.25, -0.2) is 0 Å². The fourth-order valence-electron chi connectivity index (χ4n) is 4.13. The molecule has 0 aliphatic heterocycles. The molecular weight excluding hydrogens is 468 g/mol. The summed E-state index contributed by atoms with van der Waals surface area (Å²) in [5.41, 5.74) is 12.4. The van der Waals surface area contributed by atoms with Crippen LogP contribution in [0.1, 0.15) is 81.8 Å². The van der Waals surface area contributed by atoms with Gasteiger partial charge in [0.25, 0.3) is 0 Å². The van der Waals surface area contributed by atoms with Crippen molar-refractivity contribution >= 4 is 36.6 Å². The lowest BCUT2D eigenvalue weighted by atomic mass is 9.91. The number of hydrogen-bond acceptors (Lipinski definition) is 7. The minimum atomic E-state index is -0.516. The Morgan fingerprint density at radius 3 is 1.22 bits per heavy atom.